The predicted octanol–water partition coefficient (Wildman–Crippen LogP) is 2.11. The second-order valence-corrected chi connectivity index (χ2v) is 8.35. The van der Waals surface area contributed by atoms with Crippen LogP contribution in [0.2, 0.25) is 0 Å². The van der Waals surface area contributed by atoms with E-state index >= 15 is 0 Å². The van der Waals surface area contributed by atoms with Gasteiger partial charge < -0.3 is 25.4 Å². The van der Waals surface area contributed by atoms with Crippen LogP contribution in [0, 0.1) is 0 Å². The number of carboxylic acid groups (broad SMARTS) is 1. The van der Waals surface area contributed by atoms with Crippen molar-refractivity contribution in [3.05, 3.63) is 59.7 Å². The minimum Gasteiger partial charge on any atom is -0.481 e. The van der Waals surface area contributed by atoms with Gasteiger partial charge in [-0.3, -0.25) is 14.4 Å². The summed E-state index contributed by atoms with van der Waals surface area (Å²) in [7, 11) is 0. The zero-order chi connectivity index (χ0) is 24.1. The Morgan fingerprint density at radius 3 is 2.35 bits per heavy atom. The van der Waals surface area contributed by atoms with E-state index in [2.05, 4.69) is 22.8 Å². The van der Waals surface area contributed by atoms with Gasteiger partial charge in [0.1, 0.15) is 12.6 Å². The summed E-state index contributed by atoms with van der Waals surface area (Å²) in [4.78, 5) is 49.1. The van der Waals surface area contributed by atoms with Crippen molar-refractivity contribution in [2.24, 2.45) is 0 Å². The molecule has 0 bridgehead atoms. The molecule has 3 N–H and O–H groups in total. The molecule has 3 amide bonds. The maximum Gasteiger partial charge on any atom is 0.407 e. The van der Waals surface area contributed by atoms with Gasteiger partial charge in [0.05, 0.1) is 6.42 Å². The molecule has 9 nitrogen and oxygen atoms in total. The highest BCUT2D eigenvalue weighted by atomic mass is 16.5. The van der Waals surface area contributed by atoms with Crippen molar-refractivity contribution in [2.45, 2.75) is 31.2 Å². The van der Waals surface area contributed by atoms with E-state index in [1.165, 1.54) is 4.90 Å². The van der Waals surface area contributed by atoms with Crippen LogP contribution >= 0.6 is 0 Å². The van der Waals surface area contributed by atoms with Gasteiger partial charge >= 0.3 is 12.1 Å². The first-order chi connectivity index (χ1) is 16.5. The number of hydrogen-bond acceptors (Lipinski definition) is 5. The van der Waals surface area contributed by atoms with Crippen LogP contribution in [0.15, 0.2) is 48.5 Å². The summed E-state index contributed by atoms with van der Waals surface area (Å²) in [5.74, 6) is -1.94. The number of hydrogen-bond donors (Lipinski definition) is 3. The Morgan fingerprint density at radius 2 is 1.71 bits per heavy atom. The van der Waals surface area contributed by atoms with Crippen molar-refractivity contribution < 1.29 is 29.0 Å². The van der Waals surface area contributed by atoms with E-state index in [1.807, 2.05) is 36.4 Å². The van der Waals surface area contributed by atoms with Crippen LogP contribution in [0.25, 0.3) is 11.1 Å². The number of aliphatic carboxylic acids is 1. The third-order valence-corrected chi connectivity index (χ3v) is 6.20. The molecule has 0 saturated carbocycles. The van der Waals surface area contributed by atoms with E-state index < -0.39 is 30.4 Å². The highest BCUT2D eigenvalue weighted by Crippen LogP contribution is 2.44. The van der Waals surface area contributed by atoms with Crippen molar-refractivity contribution in [2.75, 3.05) is 26.2 Å². The monoisotopic (exact) mass is 465 g/mol. The van der Waals surface area contributed by atoms with Crippen molar-refractivity contribution in [1.29, 1.82) is 0 Å². The van der Waals surface area contributed by atoms with Crippen LogP contribution in [0.5, 0.6) is 0 Å². The van der Waals surface area contributed by atoms with Gasteiger partial charge in [-0.25, -0.2) is 4.79 Å². The topological polar surface area (TPSA) is 125 Å². The molecule has 1 saturated heterocycles. The lowest BCUT2D eigenvalue weighted by molar-refractivity contribution is -0.148. The van der Waals surface area contributed by atoms with Crippen LogP contribution < -0.4 is 10.6 Å². The third kappa shape index (κ3) is 5.03. The first-order valence-electron chi connectivity index (χ1n) is 11.3. The van der Waals surface area contributed by atoms with Gasteiger partial charge in [0, 0.05) is 32.0 Å². The van der Waals surface area contributed by atoms with Gasteiger partial charge in [-0.1, -0.05) is 48.5 Å². The summed E-state index contributed by atoms with van der Waals surface area (Å²) in [6, 6.07) is 15.2. The number of carboxylic acids is 1. The summed E-state index contributed by atoms with van der Waals surface area (Å²) in [6.45, 7) is 0.992. The van der Waals surface area contributed by atoms with Crippen molar-refractivity contribution in [3.8, 4) is 11.1 Å². The quantitative estimate of drug-likeness (QED) is 0.513. The fraction of sp³-hybridized carbons (Fsp3) is 0.360. The second kappa shape index (κ2) is 10.4. The SMILES string of the molecule is O=C(O)CC1C(=O)NCCN1C(=O)CCCNC(=O)OCC1c2ccccc2-c2ccccc21. The lowest BCUT2D eigenvalue weighted by Gasteiger charge is -2.34. The minimum absolute atomic E-state index is 0.0313. The molecule has 2 aromatic carbocycles. The molecule has 1 unspecified atom stereocenters. The van der Waals surface area contributed by atoms with Crippen molar-refractivity contribution in [1.82, 2.24) is 15.5 Å². The zero-order valence-corrected chi connectivity index (χ0v) is 18.7. The molecule has 178 valence electrons. The first kappa shape index (κ1) is 23.3. The number of benzene rings is 2. The molecule has 2 aliphatic rings. The molecule has 1 heterocycles. The zero-order valence-electron chi connectivity index (χ0n) is 18.7. The molecule has 0 radical (unpaired) electrons. The fourth-order valence-corrected chi connectivity index (χ4v) is 4.60. The number of rotatable bonds is 8. The molecule has 34 heavy (non-hydrogen) atoms. The Morgan fingerprint density at radius 1 is 1.06 bits per heavy atom. The summed E-state index contributed by atoms with van der Waals surface area (Å²) < 4.78 is 5.47. The maximum absolute atomic E-state index is 12.5. The van der Waals surface area contributed by atoms with Gasteiger partial charge in [-0.2, -0.15) is 0 Å². The first-order valence-corrected chi connectivity index (χ1v) is 11.3. The van der Waals surface area contributed by atoms with Gasteiger partial charge in [0.15, 0.2) is 0 Å². The lowest BCUT2D eigenvalue weighted by atomic mass is 9.98. The average molecular weight is 466 g/mol. The number of nitrogens with one attached hydrogen (secondary N) is 2. The number of carbonyl (C=O) groups is 4. The maximum atomic E-state index is 12.5. The average Bonchev–Trinajstić information content (AvgIpc) is 3.15. The Bertz CT molecular complexity index is 1060. The molecule has 1 atom stereocenters. The smallest absolute Gasteiger partial charge is 0.407 e. The van der Waals surface area contributed by atoms with Crippen LogP contribution in [0.4, 0.5) is 4.79 Å². The Kier molecular flexibility index (Phi) is 7.10. The molecular formula is C25H27N3O6. The summed E-state index contributed by atoms with van der Waals surface area (Å²) in [5, 5.41) is 14.3. The standard InChI is InChI=1S/C25H27N3O6/c29-22(28-13-12-26-24(32)21(28)14-23(30)31)10-5-11-27-25(33)34-15-20-18-8-3-1-6-16(18)17-7-2-4-9-19(17)20/h1-4,6-9,20-21H,5,10-15H2,(H,26,32)(H,27,33)(H,30,31). The van der Waals surface area contributed by atoms with E-state index in [1.54, 1.807) is 0 Å². The molecule has 1 aliphatic heterocycles. The number of piperazine rings is 1. The third-order valence-electron chi connectivity index (χ3n) is 6.20. The van der Waals surface area contributed by atoms with E-state index in [4.69, 9.17) is 9.84 Å². The Hall–Kier alpha value is -3.88. The molecule has 4 rings (SSSR count). The number of ether oxygens (including phenoxy) is 1. The molecule has 1 aliphatic carbocycles. The Labute approximate surface area is 197 Å². The van der Waals surface area contributed by atoms with Gasteiger partial charge in [-0.05, 0) is 28.7 Å². The largest absolute Gasteiger partial charge is 0.481 e. The van der Waals surface area contributed by atoms with E-state index in [0.29, 0.717) is 13.0 Å². The van der Waals surface area contributed by atoms with Crippen LogP contribution in [-0.2, 0) is 19.1 Å². The molecule has 2 aromatic rings. The van der Waals surface area contributed by atoms with E-state index in [-0.39, 0.29) is 37.9 Å². The van der Waals surface area contributed by atoms with E-state index in [0.717, 1.165) is 22.3 Å². The molecule has 1 fully saturated rings. The van der Waals surface area contributed by atoms with Gasteiger partial charge in [0.2, 0.25) is 11.8 Å². The van der Waals surface area contributed by atoms with E-state index in [9.17, 15) is 19.2 Å². The van der Waals surface area contributed by atoms with Crippen LogP contribution in [-0.4, -0.2) is 66.2 Å². The van der Waals surface area contributed by atoms with Gasteiger partial charge in [0.25, 0.3) is 0 Å². The molecule has 0 spiro atoms. The highest BCUT2D eigenvalue weighted by molar-refractivity contribution is 5.91. The second-order valence-electron chi connectivity index (χ2n) is 8.35. The molecule has 9 heteroatoms. The highest BCUT2D eigenvalue weighted by Gasteiger charge is 2.34. The van der Waals surface area contributed by atoms with Gasteiger partial charge in [-0.15, -0.1) is 0 Å². The number of alkyl carbamates (subject to hydrolysis) is 1. The number of fused-ring (bicyclic) bond motifs is 3. The summed E-state index contributed by atoms with van der Waals surface area (Å²) >= 11 is 0. The predicted molar refractivity (Wildman–Crippen MR) is 123 cm³/mol. The van der Waals surface area contributed by atoms with Crippen molar-refractivity contribution in [3.63, 3.8) is 0 Å². The fourth-order valence-electron chi connectivity index (χ4n) is 4.60. The number of nitrogens with zero attached hydrogens (tertiary/aromatic N) is 1. The van der Waals surface area contributed by atoms with Crippen molar-refractivity contribution >= 4 is 23.9 Å². The Balaban J connectivity index is 1.23. The minimum atomic E-state index is -1.14. The van der Waals surface area contributed by atoms with Crippen LogP contribution in [0.1, 0.15) is 36.3 Å². The van der Waals surface area contributed by atoms with Crippen LogP contribution in [0.3, 0.4) is 0 Å². The summed E-state index contributed by atoms with van der Waals surface area (Å²) in [5.41, 5.74) is 4.56. The molecule has 0 aromatic heterocycles. The lowest BCUT2D eigenvalue weighted by Crippen LogP contribution is -2.57. The number of carbonyl (C=O) groups excluding carboxylic acids is 3. The number of amides is 3. The normalized spacial score (nSPS) is 16.9. The molecular weight excluding hydrogens is 438 g/mol. The summed E-state index contributed by atoms with van der Waals surface area (Å²) in [6.07, 6.45) is -0.556.